The summed E-state index contributed by atoms with van der Waals surface area (Å²) in [6.07, 6.45) is 3.07. The van der Waals surface area contributed by atoms with E-state index in [1.165, 1.54) is 22.6 Å². The van der Waals surface area contributed by atoms with Crippen molar-refractivity contribution in [3.8, 4) is 10.6 Å². The Labute approximate surface area is 167 Å². The van der Waals surface area contributed by atoms with E-state index in [1.54, 1.807) is 48.7 Å². The summed E-state index contributed by atoms with van der Waals surface area (Å²) < 4.78 is 27.6. The van der Waals surface area contributed by atoms with Crippen molar-refractivity contribution >= 4 is 38.1 Å². The van der Waals surface area contributed by atoms with E-state index in [4.69, 9.17) is 0 Å². The van der Waals surface area contributed by atoms with Crippen LogP contribution in [-0.4, -0.2) is 30.8 Å². The number of hydrogen-bond acceptors (Lipinski definition) is 6. The summed E-state index contributed by atoms with van der Waals surface area (Å²) in [6.45, 7) is 1.86. The molecule has 0 atom stereocenters. The van der Waals surface area contributed by atoms with Crippen LogP contribution in [0.15, 0.2) is 53.6 Å². The molecule has 0 fully saturated rings. The smallest absolute Gasteiger partial charge is 0.264 e. The zero-order valence-corrected chi connectivity index (χ0v) is 16.8. The van der Waals surface area contributed by atoms with Crippen LogP contribution < -0.4 is 9.62 Å². The van der Waals surface area contributed by atoms with Crippen LogP contribution in [0.2, 0.25) is 0 Å². The highest BCUT2D eigenvalue weighted by Gasteiger charge is 2.30. The quantitative estimate of drug-likeness (QED) is 0.707. The van der Waals surface area contributed by atoms with Gasteiger partial charge in [0.05, 0.1) is 26.8 Å². The number of fused-ring (bicyclic) bond motifs is 1. The predicted molar refractivity (Wildman–Crippen MR) is 109 cm³/mol. The third kappa shape index (κ3) is 3.50. The van der Waals surface area contributed by atoms with Crippen molar-refractivity contribution in [2.75, 3.05) is 16.2 Å². The molecule has 0 unspecified atom stereocenters. The van der Waals surface area contributed by atoms with E-state index < -0.39 is 10.0 Å². The van der Waals surface area contributed by atoms with E-state index in [0.717, 1.165) is 10.6 Å². The molecule has 9 heteroatoms. The first-order valence-electron chi connectivity index (χ1n) is 8.76. The number of carbonyl (C=O) groups excluding carboxylic acids is 1. The number of rotatable bonds is 4. The van der Waals surface area contributed by atoms with Crippen molar-refractivity contribution in [3.05, 3.63) is 54.4 Å². The third-order valence-corrected chi connectivity index (χ3v) is 7.13. The summed E-state index contributed by atoms with van der Waals surface area (Å²) in [6, 6.07) is 12.0. The van der Waals surface area contributed by atoms with Crippen LogP contribution in [0.1, 0.15) is 19.0 Å². The molecule has 0 saturated heterocycles. The van der Waals surface area contributed by atoms with Gasteiger partial charge in [0.25, 0.3) is 10.0 Å². The molecule has 1 aliphatic rings. The zero-order chi connectivity index (χ0) is 19.7. The van der Waals surface area contributed by atoms with E-state index in [9.17, 15) is 13.2 Å². The minimum Gasteiger partial charge on any atom is -0.302 e. The highest BCUT2D eigenvalue weighted by molar-refractivity contribution is 7.92. The standard InChI is InChI=1S/C19H18N4O3S2/c1-13(24)21-19-20-12-18(27-19)16-9-10-17-15(22-16)8-5-11-23(17)28(25,26)14-6-3-2-4-7-14/h2-4,6-7,9-10,12H,5,8,11H2,1H3,(H,20,21,24). The SMILES string of the molecule is CC(=O)Nc1ncc(-c2ccc3c(n2)CCCN3S(=O)(=O)c2ccccc2)s1. The summed E-state index contributed by atoms with van der Waals surface area (Å²) in [5.74, 6) is -0.180. The Morgan fingerprint density at radius 2 is 1.96 bits per heavy atom. The number of aromatic nitrogens is 2. The van der Waals surface area contributed by atoms with Crippen LogP contribution in [0.5, 0.6) is 0 Å². The molecule has 144 valence electrons. The largest absolute Gasteiger partial charge is 0.302 e. The Morgan fingerprint density at radius 3 is 2.71 bits per heavy atom. The fourth-order valence-corrected chi connectivity index (χ4v) is 5.51. The minimum atomic E-state index is -3.63. The molecule has 4 rings (SSSR count). The second kappa shape index (κ2) is 7.33. The van der Waals surface area contributed by atoms with Gasteiger partial charge in [0.1, 0.15) is 0 Å². The van der Waals surface area contributed by atoms with Crippen LogP contribution in [0.25, 0.3) is 10.6 Å². The Bertz CT molecular complexity index is 1130. The zero-order valence-electron chi connectivity index (χ0n) is 15.1. The van der Waals surface area contributed by atoms with Gasteiger partial charge in [0.2, 0.25) is 5.91 Å². The van der Waals surface area contributed by atoms with E-state index in [1.807, 2.05) is 0 Å². The number of hydrogen-bond donors (Lipinski definition) is 1. The topological polar surface area (TPSA) is 92.3 Å². The molecule has 0 radical (unpaired) electrons. The van der Waals surface area contributed by atoms with Crippen LogP contribution in [0, 0.1) is 0 Å². The molecule has 3 heterocycles. The minimum absolute atomic E-state index is 0.180. The molecule has 28 heavy (non-hydrogen) atoms. The average Bonchev–Trinajstić information content (AvgIpc) is 3.15. The highest BCUT2D eigenvalue weighted by Crippen LogP contribution is 2.34. The van der Waals surface area contributed by atoms with Crippen molar-refractivity contribution in [3.63, 3.8) is 0 Å². The average molecular weight is 415 g/mol. The monoisotopic (exact) mass is 414 g/mol. The number of nitrogens with one attached hydrogen (secondary N) is 1. The highest BCUT2D eigenvalue weighted by atomic mass is 32.2. The van der Waals surface area contributed by atoms with E-state index in [0.29, 0.717) is 35.9 Å². The summed E-state index contributed by atoms with van der Waals surface area (Å²) in [4.78, 5) is 21.1. The summed E-state index contributed by atoms with van der Waals surface area (Å²) >= 11 is 1.33. The van der Waals surface area contributed by atoms with Crippen molar-refractivity contribution in [2.24, 2.45) is 0 Å². The van der Waals surface area contributed by atoms with Crippen molar-refractivity contribution in [1.29, 1.82) is 0 Å². The Kier molecular flexibility index (Phi) is 4.86. The Hall–Kier alpha value is -2.78. The molecular weight excluding hydrogens is 396 g/mol. The van der Waals surface area contributed by atoms with E-state index in [-0.39, 0.29) is 10.8 Å². The molecule has 1 aliphatic heterocycles. The van der Waals surface area contributed by atoms with Gasteiger partial charge in [-0.05, 0) is 37.1 Å². The fourth-order valence-electron chi connectivity index (χ4n) is 3.12. The maximum Gasteiger partial charge on any atom is 0.264 e. The maximum absolute atomic E-state index is 13.1. The van der Waals surface area contributed by atoms with Crippen LogP contribution >= 0.6 is 11.3 Å². The maximum atomic E-state index is 13.1. The third-order valence-electron chi connectivity index (χ3n) is 4.37. The lowest BCUT2D eigenvalue weighted by atomic mass is 10.1. The molecule has 0 spiro atoms. The molecule has 0 bridgehead atoms. The van der Waals surface area contributed by atoms with Crippen molar-refractivity contribution in [1.82, 2.24) is 9.97 Å². The molecule has 1 N–H and O–H groups in total. The van der Waals surface area contributed by atoms with Crippen molar-refractivity contribution < 1.29 is 13.2 Å². The van der Waals surface area contributed by atoms with E-state index >= 15 is 0 Å². The van der Waals surface area contributed by atoms with Gasteiger partial charge in [0, 0.05) is 19.7 Å². The summed E-state index contributed by atoms with van der Waals surface area (Å²) in [5.41, 5.74) is 2.08. The number of pyridine rings is 1. The van der Waals surface area contributed by atoms with Crippen molar-refractivity contribution in [2.45, 2.75) is 24.7 Å². The lowest BCUT2D eigenvalue weighted by Gasteiger charge is -2.30. The molecule has 0 saturated carbocycles. The Morgan fingerprint density at radius 1 is 1.18 bits per heavy atom. The van der Waals surface area contributed by atoms with Crippen LogP contribution in [0.3, 0.4) is 0 Å². The molecule has 1 amide bonds. The lowest BCUT2D eigenvalue weighted by molar-refractivity contribution is -0.114. The number of benzene rings is 1. The molecule has 2 aromatic heterocycles. The first-order valence-corrected chi connectivity index (χ1v) is 11.0. The number of anilines is 2. The number of nitrogens with zero attached hydrogens (tertiary/aromatic N) is 3. The van der Waals surface area contributed by atoms with Gasteiger partial charge in [-0.2, -0.15) is 0 Å². The molecule has 3 aromatic rings. The Balaban J connectivity index is 1.68. The first kappa shape index (κ1) is 18.6. The number of sulfonamides is 1. The number of carbonyl (C=O) groups is 1. The van der Waals surface area contributed by atoms with Gasteiger partial charge in [-0.3, -0.25) is 9.10 Å². The van der Waals surface area contributed by atoms with Gasteiger partial charge in [-0.1, -0.05) is 29.5 Å². The normalized spacial score (nSPS) is 13.8. The first-order chi connectivity index (χ1) is 13.4. The second-order valence-electron chi connectivity index (χ2n) is 6.37. The van der Waals surface area contributed by atoms with Crippen LogP contribution in [-0.2, 0) is 21.2 Å². The molecule has 1 aromatic carbocycles. The van der Waals surface area contributed by atoms with Gasteiger partial charge >= 0.3 is 0 Å². The summed E-state index contributed by atoms with van der Waals surface area (Å²) in [7, 11) is -3.63. The van der Waals surface area contributed by atoms with E-state index in [2.05, 4.69) is 15.3 Å². The molecule has 0 aliphatic carbocycles. The van der Waals surface area contributed by atoms with Gasteiger partial charge in [-0.25, -0.2) is 18.4 Å². The molecule has 7 nitrogen and oxygen atoms in total. The molecular formula is C19H18N4O3S2. The summed E-state index contributed by atoms with van der Waals surface area (Å²) in [5, 5.41) is 3.17. The number of thiazole rings is 1. The second-order valence-corrected chi connectivity index (χ2v) is 9.26. The van der Waals surface area contributed by atoms with Gasteiger partial charge in [0.15, 0.2) is 5.13 Å². The number of aryl methyl sites for hydroxylation is 1. The van der Waals surface area contributed by atoms with Crippen LogP contribution in [0.4, 0.5) is 10.8 Å². The van der Waals surface area contributed by atoms with Gasteiger partial charge in [-0.15, -0.1) is 0 Å². The lowest BCUT2D eigenvalue weighted by Crippen LogP contribution is -2.35. The predicted octanol–water partition coefficient (Wildman–Crippen LogP) is 3.31. The fraction of sp³-hybridized carbons (Fsp3) is 0.211. The van der Waals surface area contributed by atoms with Gasteiger partial charge < -0.3 is 5.32 Å². The number of amides is 1.